The molecule has 16 heavy (non-hydrogen) atoms. The lowest BCUT2D eigenvalue weighted by Crippen LogP contribution is -2.00. The van der Waals surface area contributed by atoms with Gasteiger partial charge >= 0.3 is 0 Å². The van der Waals surface area contributed by atoms with Crippen molar-refractivity contribution in [1.82, 2.24) is 19.5 Å². The van der Waals surface area contributed by atoms with E-state index in [-0.39, 0.29) is 5.82 Å². The van der Waals surface area contributed by atoms with Crippen LogP contribution in [0.2, 0.25) is 0 Å². The minimum Gasteiger partial charge on any atom is -0.325 e. The van der Waals surface area contributed by atoms with Crippen LogP contribution in [0.5, 0.6) is 0 Å². The number of nitrogens with zero attached hydrogens (tertiary/aromatic N) is 4. The molecule has 2 rings (SSSR count). The van der Waals surface area contributed by atoms with Crippen LogP contribution in [0.3, 0.4) is 0 Å². The second-order valence-electron chi connectivity index (χ2n) is 3.10. The second kappa shape index (κ2) is 4.25. The molecule has 0 saturated carbocycles. The van der Waals surface area contributed by atoms with Gasteiger partial charge in [-0.25, -0.2) is 23.7 Å². The zero-order valence-electron chi connectivity index (χ0n) is 8.23. The first kappa shape index (κ1) is 11.1. The summed E-state index contributed by atoms with van der Waals surface area (Å²) in [4.78, 5) is 11.4. The Hall–Kier alpha value is -1.37. The van der Waals surface area contributed by atoms with Gasteiger partial charge in [0, 0.05) is 25.0 Å². The Morgan fingerprint density at radius 2 is 1.94 bits per heavy atom. The first-order chi connectivity index (χ1) is 7.61. The van der Waals surface area contributed by atoms with Gasteiger partial charge in [-0.05, 0) is 15.9 Å². The van der Waals surface area contributed by atoms with Crippen molar-refractivity contribution in [2.45, 2.75) is 6.43 Å². The fraction of sp³-hybridized carbons (Fsp3) is 0.222. The number of hydrogen-bond donors (Lipinski definition) is 0. The molecule has 84 valence electrons. The van der Waals surface area contributed by atoms with Crippen molar-refractivity contribution in [3.05, 3.63) is 29.1 Å². The number of rotatable bonds is 2. The van der Waals surface area contributed by atoms with Crippen LogP contribution in [0.1, 0.15) is 12.2 Å². The lowest BCUT2D eigenvalue weighted by atomic mass is 10.2. The number of aromatic nitrogens is 4. The van der Waals surface area contributed by atoms with Gasteiger partial charge < -0.3 is 4.57 Å². The highest BCUT2D eigenvalue weighted by molar-refractivity contribution is 9.10. The molecule has 2 heterocycles. The van der Waals surface area contributed by atoms with Crippen molar-refractivity contribution in [2.75, 3.05) is 0 Å². The summed E-state index contributed by atoms with van der Waals surface area (Å²) in [5, 5.41) is 0. The maximum Gasteiger partial charge on any atom is 0.295 e. The molecule has 0 spiro atoms. The van der Waals surface area contributed by atoms with Crippen LogP contribution in [0.15, 0.2) is 23.3 Å². The largest absolute Gasteiger partial charge is 0.325 e. The summed E-state index contributed by atoms with van der Waals surface area (Å²) in [6.07, 6.45) is 1.86. The summed E-state index contributed by atoms with van der Waals surface area (Å²) in [6, 6.07) is 0. The van der Waals surface area contributed by atoms with Crippen LogP contribution in [0.4, 0.5) is 8.78 Å². The predicted molar refractivity (Wildman–Crippen MR) is 56.9 cm³/mol. The Morgan fingerprint density at radius 3 is 2.44 bits per heavy atom. The molecule has 2 aromatic rings. The van der Waals surface area contributed by atoms with Crippen LogP contribution in [0, 0.1) is 0 Å². The van der Waals surface area contributed by atoms with Gasteiger partial charge in [0.15, 0.2) is 5.82 Å². The van der Waals surface area contributed by atoms with E-state index in [9.17, 15) is 8.78 Å². The molecule has 0 aromatic carbocycles. The van der Waals surface area contributed by atoms with E-state index in [1.54, 1.807) is 12.4 Å². The molecule has 0 aliphatic carbocycles. The van der Waals surface area contributed by atoms with Gasteiger partial charge in [-0.1, -0.05) is 0 Å². The molecule has 0 saturated heterocycles. The Labute approximate surface area is 98.5 Å². The fourth-order valence-corrected chi connectivity index (χ4v) is 2.09. The molecule has 0 fully saturated rings. The molecule has 0 unspecified atom stereocenters. The summed E-state index contributed by atoms with van der Waals surface area (Å²) < 4.78 is 26.9. The summed E-state index contributed by atoms with van der Waals surface area (Å²) in [5.41, 5.74) is 1.17. The standard InChI is InChI=1S/C9H7BrF2N4/c1-16-6(5-2-13-4-14-3-5)7(10)15-9(16)8(11)12/h2-4,8H,1H3. The fourth-order valence-electron chi connectivity index (χ4n) is 1.41. The Balaban J connectivity index is 2.58. The number of halogens is 3. The van der Waals surface area contributed by atoms with Gasteiger partial charge in [0.25, 0.3) is 6.43 Å². The van der Waals surface area contributed by atoms with E-state index in [1.807, 2.05) is 0 Å². The van der Waals surface area contributed by atoms with E-state index in [0.717, 1.165) is 0 Å². The maximum absolute atomic E-state index is 12.6. The summed E-state index contributed by atoms with van der Waals surface area (Å²) in [7, 11) is 1.53. The molecule has 0 aliphatic heterocycles. The Kier molecular flexibility index (Phi) is 2.95. The molecule has 0 N–H and O–H groups in total. The number of imidazole rings is 1. The van der Waals surface area contributed by atoms with Crippen LogP contribution < -0.4 is 0 Å². The van der Waals surface area contributed by atoms with Crippen LogP contribution in [-0.4, -0.2) is 19.5 Å². The van der Waals surface area contributed by atoms with Crippen molar-refractivity contribution in [1.29, 1.82) is 0 Å². The van der Waals surface area contributed by atoms with Crippen molar-refractivity contribution in [3.8, 4) is 11.3 Å². The van der Waals surface area contributed by atoms with E-state index < -0.39 is 6.43 Å². The summed E-state index contributed by atoms with van der Waals surface area (Å²) in [6.45, 7) is 0. The van der Waals surface area contributed by atoms with E-state index in [2.05, 4.69) is 30.9 Å². The SMILES string of the molecule is Cn1c(C(F)F)nc(Br)c1-c1cncnc1. The van der Waals surface area contributed by atoms with Gasteiger partial charge in [0.05, 0.1) is 5.69 Å². The minimum atomic E-state index is -2.61. The van der Waals surface area contributed by atoms with Gasteiger partial charge in [-0.3, -0.25) is 0 Å². The lowest BCUT2D eigenvalue weighted by Gasteiger charge is -2.04. The average Bonchev–Trinajstić information content (AvgIpc) is 2.56. The molecule has 0 bridgehead atoms. The molecule has 7 heteroatoms. The predicted octanol–water partition coefficient (Wildman–Crippen LogP) is 2.58. The van der Waals surface area contributed by atoms with Crippen LogP contribution >= 0.6 is 15.9 Å². The van der Waals surface area contributed by atoms with Gasteiger partial charge in [-0.15, -0.1) is 0 Å². The first-order valence-electron chi connectivity index (χ1n) is 4.37. The van der Waals surface area contributed by atoms with Crippen molar-refractivity contribution < 1.29 is 8.78 Å². The average molecular weight is 289 g/mol. The normalized spacial score (nSPS) is 11.1. The zero-order valence-corrected chi connectivity index (χ0v) is 9.82. The van der Waals surface area contributed by atoms with Gasteiger partial charge in [-0.2, -0.15) is 0 Å². The second-order valence-corrected chi connectivity index (χ2v) is 3.85. The van der Waals surface area contributed by atoms with Crippen LogP contribution in [0.25, 0.3) is 11.3 Å². The third-order valence-corrected chi connectivity index (χ3v) is 2.67. The third-order valence-electron chi connectivity index (χ3n) is 2.12. The van der Waals surface area contributed by atoms with Crippen molar-refractivity contribution in [2.24, 2.45) is 7.05 Å². The van der Waals surface area contributed by atoms with Crippen molar-refractivity contribution >= 4 is 15.9 Å². The minimum absolute atomic E-state index is 0.286. The smallest absolute Gasteiger partial charge is 0.295 e. The van der Waals surface area contributed by atoms with Crippen molar-refractivity contribution in [3.63, 3.8) is 0 Å². The highest BCUT2D eigenvalue weighted by atomic mass is 79.9. The highest BCUT2D eigenvalue weighted by Gasteiger charge is 2.20. The Bertz CT molecular complexity index is 498. The molecule has 0 atom stereocenters. The van der Waals surface area contributed by atoms with E-state index in [1.165, 1.54) is 17.9 Å². The number of hydrogen-bond acceptors (Lipinski definition) is 3. The van der Waals surface area contributed by atoms with E-state index in [0.29, 0.717) is 15.9 Å². The first-order valence-corrected chi connectivity index (χ1v) is 5.16. The molecule has 4 nitrogen and oxygen atoms in total. The maximum atomic E-state index is 12.6. The van der Waals surface area contributed by atoms with E-state index in [4.69, 9.17) is 0 Å². The number of alkyl halides is 2. The molecule has 0 aliphatic rings. The zero-order chi connectivity index (χ0) is 11.7. The summed E-state index contributed by atoms with van der Waals surface area (Å²) >= 11 is 3.15. The molecule has 0 amide bonds. The van der Waals surface area contributed by atoms with E-state index >= 15 is 0 Å². The molecule has 0 radical (unpaired) electrons. The van der Waals surface area contributed by atoms with Gasteiger partial charge in [0.1, 0.15) is 10.9 Å². The lowest BCUT2D eigenvalue weighted by molar-refractivity contribution is 0.137. The van der Waals surface area contributed by atoms with Crippen LogP contribution in [-0.2, 0) is 7.05 Å². The van der Waals surface area contributed by atoms with Gasteiger partial charge in [0.2, 0.25) is 0 Å². The quantitative estimate of drug-likeness (QED) is 0.853. The molecular formula is C9H7BrF2N4. The molecular weight excluding hydrogens is 282 g/mol. The Morgan fingerprint density at radius 1 is 1.31 bits per heavy atom. The topological polar surface area (TPSA) is 43.6 Å². The highest BCUT2D eigenvalue weighted by Crippen LogP contribution is 2.30. The summed E-state index contributed by atoms with van der Waals surface area (Å²) in [5.74, 6) is -0.286. The third kappa shape index (κ3) is 1.82. The monoisotopic (exact) mass is 288 g/mol. The molecule has 2 aromatic heterocycles.